The van der Waals surface area contributed by atoms with Crippen LogP contribution in [0.1, 0.15) is 38.1 Å². The Labute approximate surface area is 143 Å². The van der Waals surface area contributed by atoms with Gasteiger partial charge in [-0.2, -0.15) is 0 Å². The van der Waals surface area contributed by atoms with Crippen molar-refractivity contribution in [2.75, 3.05) is 23.7 Å². The molecule has 134 valence electrons. The Morgan fingerprint density at radius 2 is 1.79 bits per heavy atom. The predicted octanol–water partition coefficient (Wildman–Crippen LogP) is 1.54. The van der Waals surface area contributed by atoms with Gasteiger partial charge in [-0.15, -0.1) is 0 Å². The lowest BCUT2D eigenvalue weighted by atomic mass is 10.1. The van der Waals surface area contributed by atoms with E-state index in [2.05, 4.69) is 5.32 Å². The number of ether oxygens (including phenoxy) is 1. The van der Waals surface area contributed by atoms with E-state index in [1.54, 1.807) is 39.8 Å². The van der Waals surface area contributed by atoms with Gasteiger partial charge < -0.3 is 10.1 Å². The molecule has 24 heavy (non-hydrogen) atoms. The van der Waals surface area contributed by atoms with Crippen LogP contribution in [0.2, 0.25) is 0 Å². The van der Waals surface area contributed by atoms with Crippen molar-refractivity contribution in [3.63, 3.8) is 0 Å². The molecule has 0 heterocycles. The molecule has 8 heteroatoms. The summed E-state index contributed by atoms with van der Waals surface area (Å²) in [4.78, 5) is 24.2. The summed E-state index contributed by atoms with van der Waals surface area (Å²) in [7, 11) is -3.77. The maximum Gasteiger partial charge on any atom is 0.340 e. The van der Waals surface area contributed by atoms with Crippen molar-refractivity contribution >= 4 is 27.6 Å². The standard InChI is InChI=1S/C16H24N2O5S/c1-6-23-15(20)12-9-7-8-10-13(12)18(24(5,21)22)11-14(19)17-16(2,3)4/h7-10H,6,11H2,1-5H3,(H,17,19). The molecule has 0 aliphatic rings. The number of carbonyl (C=O) groups is 2. The van der Waals surface area contributed by atoms with Crippen molar-refractivity contribution in [2.24, 2.45) is 0 Å². The van der Waals surface area contributed by atoms with E-state index >= 15 is 0 Å². The molecular formula is C16H24N2O5S. The first-order valence-corrected chi connectivity index (χ1v) is 9.35. The molecule has 0 aromatic heterocycles. The molecule has 0 aliphatic carbocycles. The summed E-state index contributed by atoms with van der Waals surface area (Å²) in [6.45, 7) is 6.78. The molecule has 0 radical (unpaired) electrons. The van der Waals surface area contributed by atoms with Gasteiger partial charge in [-0.3, -0.25) is 9.10 Å². The van der Waals surface area contributed by atoms with Gasteiger partial charge in [0.2, 0.25) is 15.9 Å². The zero-order chi connectivity index (χ0) is 18.5. The van der Waals surface area contributed by atoms with Gasteiger partial charge in [0.25, 0.3) is 0 Å². The third kappa shape index (κ3) is 5.84. The highest BCUT2D eigenvalue weighted by Gasteiger charge is 2.27. The first kappa shape index (κ1) is 20.0. The van der Waals surface area contributed by atoms with Gasteiger partial charge in [0.1, 0.15) is 6.54 Å². The number of nitrogens with zero attached hydrogens (tertiary/aromatic N) is 1. The molecule has 0 saturated carbocycles. The highest BCUT2D eigenvalue weighted by atomic mass is 32.2. The van der Waals surface area contributed by atoms with Gasteiger partial charge in [0.15, 0.2) is 0 Å². The predicted molar refractivity (Wildman–Crippen MR) is 92.5 cm³/mol. The Bertz CT molecular complexity index is 707. The highest BCUT2D eigenvalue weighted by molar-refractivity contribution is 7.92. The number of esters is 1. The average molecular weight is 356 g/mol. The zero-order valence-electron chi connectivity index (χ0n) is 14.6. The monoisotopic (exact) mass is 356 g/mol. The zero-order valence-corrected chi connectivity index (χ0v) is 15.4. The normalized spacial score (nSPS) is 11.7. The Morgan fingerprint density at radius 3 is 2.29 bits per heavy atom. The summed E-state index contributed by atoms with van der Waals surface area (Å²) >= 11 is 0. The number of hydrogen-bond donors (Lipinski definition) is 1. The third-order valence-electron chi connectivity index (χ3n) is 2.87. The van der Waals surface area contributed by atoms with E-state index in [0.29, 0.717) is 0 Å². The van der Waals surface area contributed by atoms with Crippen LogP contribution in [0.3, 0.4) is 0 Å². The summed E-state index contributed by atoms with van der Waals surface area (Å²) in [5.41, 5.74) is -0.295. The molecule has 0 bridgehead atoms. The Balaban J connectivity index is 3.25. The molecule has 0 aliphatic heterocycles. The van der Waals surface area contributed by atoms with Crippen molar-refractivity contribution < 1.29 is 22.7 Å². The molecule has 1 N–H and O–H groups in total. The van der Waals surface area contributed by atoms with E-state index in [4.69, 9.17) is 4.74 Å². The molecule has 0 fully saturated rings. The van der Waals surface area contributed by atoms with Crippen LogP contribution in [0.25, 0.3) is 0 Å². The summed E-state index contributed by atoms with van der Waals surface area (Å²) in [5, 5.41) is 2.70. The van der Waals surface area contributed by atoms with Crippen molar-refractivity contribution in [3.05, 3.63) is 29.8 Å². The van der Waals surface area contributed by atoms with Crippen LogP contribution in [0.5, 0.6) is 0 Å². The van der Waals surface area contributed by atoms with Crippen LogP contribution in [0.15, 0.2) is 24.3 Å². The fourth-order valence-corrected chi connectivity index (χ4v) is 2.91. The van der Waals surface area contributed by atoms with Gasteiger partial charge >= 0.3 is 5.97 Å². The Hall–Kier alpha value is -2.09. The smallest absolute Gasteiger partial charge is 0.340 e. The van der Waals surface area contributed by atoms with Gasteiger partial charge in [-0.25, -0.2) is 13.2 Å². The number of benzene rings is 1. The van der Waals surface area contributed by atoms with E-state index in [1.165, 1.54) is 12.1 Å². The van der Waals surface area contributed by atoms with Crippen LogP contribution in [-0.2, 0) is 19.6 Å². The quantitative estimate of drug-likeness (QED) is 0.781. The maximum atomic E-state index is 12.2. The summed E-state index contributed by atoms with van der Waals surface area (Å²) in [6, 6.07) is 6.13. The van der Waals surface area contributed by atoms with E-state index in [1.807, 2.05) is 0 Å². The van der Waals surface area contributed by atoms with Crippen LogP contribution < -0.4 is 9.62 Å². The van der Waals surface area contributed by atoms with Crippen LogP contribution in [0.4, 0.5) is 5.69 Å². The fourth-order valence-electron chi connectivity index (χ4n) is 2.04. The number of hydrogen-bond acceptors (Lipinski definition) is 5. The number of nitrogens with one attached hydrogen (secondary N) is 1. The minimum absolute atomic E-state index is 0.0910. The minimum Gasteiger partial charge on any atom is -0.462 e. The first-order chi connectivity index (χ1) is 11.0. The molecule has 1 rings (SSSR count). The SMILES string of the molecule is CCOC(=O)c1ccccc1N(CC(=O)NC(C)(C)C)S(C)(=O)=O. The number of para-hydroxylation sites is 1. The molecule has 1 aromatic rings. The van der Waals surface area contributed by atoms with Crippen molar-refractivity contribution in [2.45, 2.75) is 33.2 Å². The fraction of sp³-hybridized carbons (Fsp3) is 0.500. The largest absolute Gasteiger partial charge is 0.462 e. The number of rotatable bonds is 6. The van der Waals surface area contributed by atoms with Gasteiger partial charge in [0, 0.05) is 5.54 Å². The topological polar surface area (TPSA) is 92.8 Å². The second kappa shape index (κ2) is 7.65. The van der Waals surface area contributed by atoms with Crippen LogP contribution in [-0.4, -0.2) is 45.2 Å². The van der Waals surface area contributed by atoms with Crippen molar-refractivity contribution in [1.82, 2.24) is 5.32 Å². The van der Waals surface area contributed by atoms with Gasteiger partial charge in [-0.1, -0.05) is 12.1 Å². The lowest BCUT2D eigenvalue weighted by Gasteiger charge is -2.26. The van der Waals surface area contributed by atoms with Crippen LogP contribution >= 0.6 is 0 Å². The molecule has 0 atom stereocenters. The van der Waals surface area contributed by atoms with E-state index in [-0.39, 0.29) is 17.9 Å². The molecule has 0 spiro atoms. The lowest BCUT2D eigenvalue weighted by molar-refractivity contribution is -0.121. The molecule has 0 saturated heterocycles. The average Bonchev–Trinajstić information content (AvgIpc) is 2.42. The number of carbonyl (C=O) groups excluding carboxylic acids is 2. The van der Waals surface area contributed by atoms with Crippen LogP contribution in [0, 0.1) is 0 Å². The summed E-state index contributed by atoms with van der Waals surface area (Å²) in [6.07, 6.45) is 0.985. The lowest BCUT2D eigenvalue weighted by Crippen LogP contribution is -2.47. The minimum atomic E-state index is -3.77. The summed E-state index contributed by atoms with van der Waals surface area (Å²) in [5.74, 6) is -1.11. The Kier molecular flexibility index (Phi) is 6.36. The second-order valence-corrected chi connectivity index (χ2v) is 8.21. The van der Waals surface area contributed by atoms with E-state index in [9.17, 15) is 18.0 Å². The molecular weight excluding hydrogens is 332 g/mol. The number of amides is 1. The number of sulfonamides is 1. The van der Waals surface area contributed by atoms with Gasteiger partial charge in [0.05, 0.1) is 24.1 Å². The molecule has 7 nitrogen and oxygen atoms in total. The first-order valence-electron chi connectivity index (χ1n) is 7.50. The van der Waals surface area contributed by atoms with E-state index in [0.717, 1.165) is 10.6 Å². The molecule has 1 amide bonds. The Morgan fingerprint density at radius 1 is 1.21 bits per heavy atom. The molecule has 0 unspecified atom stereocenters. The maximum absolute atomic E-state index is 12.2. The number of anilines is 1. The highest BCUT2D eigenvalue weighted by Crippen LogP contribution is 2.23. The van der Waals surface area contributed by atoms with Gasteiger partial charge in [-0.05, 0) is 39.8 Å². The van der Waals surface area contributed by atoms with Crippen molar-refractivity contribution in [1.29, 1.82) is 0 Å². The molecule has 1 aromatic carbocycles. The van der Waals surface area contributed by atoms with Crippen molar-refractivity contribution in [3.8, 4) is 0 Å². The van der Waals surface area contributed by atoms with E-state index < -0.39 is 34.0 Å². The summed E-state index contributed by atoms with van der Waals surface area (Å²) < 4.78 is 30.2. The third-order valence-corrected chi connectivity index (χ3v) is 4.00. The second-order valence-electron chi connectivity index (χ2n) is 6.31.